The minimum Gasteiger partial charge on any atom is -0.508 e. The molecule has 6 atom stereocenters. The molecule has 0 aliphatic heterocycles. The van der Waals surface area contributed by atoms with Crippen LogP contribution in [0.5, 0.6) is 5.75 Å². The molecule has 7 amide bonds. The van der Waals surface area contributed by atoms with Crippen LogP contribution in [-0.4, -0.2) is 100 Å². The lowest BCUT2D eigenvalue weighted by atomic mass is 9.99. The number of hydrogen-bond acceptors (Lipinski definition) is 10. The summed E-state index contributed by atoms with van der Waals surface area (Å²) in [7, 11) is 0. The molecule has 0 saturated heterocycles. The number of carbonyl (C=O) groups is 8. The van der Waals surface area contributed by atoms with Crippen LogP contribution in [0, 0.1) is 11.8 Å². The van der Waals surface area contributed by atoms with Gasteiger partial charge in [0.1, 0.15) is 36.0 Å². The summed E-state index contributed by atoms with van der Waals surface area (Å²) in [6.07, 6.45) is 0.529. The first-order valence-electron chi connectivity index (χ1n) is 17.6. The maximum atomic E-state index is 13.6. The molecule has 53 heavy (non-hydrogen) atoms. The van der Waals surface area contributed by atoms with E-state index in [9.17, 15) is 48.6 Å². The highest BCUT2D eigenvalue weighted by molar-refractivity contribution is 5.97. The number of benzene rings is 1. The molecule has 1 aromatic rings. The topological polar surface area (TPSA) is 301 Å². The molecule has 0 aliphatic rings. The second-order valence-corrected chi connectivity index (χ2v) is 13.5. The van der Waals surface area contributed by atoms with Gasteiger partial charge in [0, 0.05) is 6.42 Å². The van der Waals surface area contributed by atoms with Crippen LogP contribution in [0.3, 0.4) is 0 Å². The molecule has 0 saturated carbocycles. The molecule has 1 rings (SSSR count). The predicted octanol–water partition coefficient (Wildman–Crippen LogP) is -1.33. The van der Waals surface area contributed by atoms with Gasteiger partial charge in [0.2, 0.25) is 41.4 Å². The summed E-state index contributed by atoms with van der Waals surface area (Å²) in [5.74, 6) is -7.36. The van der Waals surface area contributed by atoms with Crippen LogP contribution in [0.25, 0.3) is 0 Å². The summed E-state index contributed by atoms with van der Waals surface area (Å²) in [5.41, 5.74) is 11.8. The Bertz CT molecular complexity index is 1440. The van der Waals surface area contributed by atoms with Crippen LogP contribution in [0.2, 0.25) is 0 Å². The number of nitrogens with one attached hydrogen (secondary N) is 6. The second-order valence-electron chi connectivity index (χ2n) is 13.5. The van der Waals surface area contributed by atoms with Gasteiger partial charge in [-0.05, 0) is 55.7 Å². The average Bonchev–Trinajstić information content (AvgIpc) is 3.08. The molecular formula is C35H56N8O10. The number of phenols is 1. The number of hydrogen-bond donors (Lipinski definition) is 10. The number of nitrogens with two attached hydrogens (primary N) is 2. The Balaban J connectivity index is 3.09. The zero-order chi connectivity index (χ0) is 40.4. The van der Waals surface area contributed by atoms with Crippen LogP contribution in [0.1, 0.15) is 79.2 Å². The maximum Gasteiger partial charge on any atom is 0.303 e. The lowest BCUT2D eigenvalue weighted by Gasteiger charge is -2.29. The van der Waals surface area contributed by atoms with E-state index in [-0.39, 0.29) is 25.0 Å². The number of aliphatic carboxylic acids is 1. The van der Waals surface area contributed by atoms with Gasteiger partial charge in [0.25, 0.3) is 0 Å². The number of primary amides is 1. The normalized spacial score (nSPS) is 14.4. The lowest BCUT2D eigenvalue weighted by Crippen LogP contribution is -2.60. The molecule has 0 spiro atoms. The number of amides is 7. The SMILES string of the molecule is CCCC[C@H](NC(=O)[C@@H](C)NC(=O)[C@@H](N)Cc1ccc(O)cc1)C(=O)N[C@@H](CCC(=O)O)C(=O)N[C@H](C(=O)N[C@H](C(=O)NCC(N)=O)C(C)C)C(C)C. The zero-order valence-electron chi connectivity index (χ0n) is 31.2. The van der Waals surface area contributed by atoms with E-state index in [0.717, 1.165) is 0 Å². The molecule has 0 fully saturated rings. The van der Waals surface area contributed by atoms with Gasteiger partial charge in [0.15, 0.2) is 0 Å². The molecular weight excluding hydrogens is 692 g/mol. The van der Waals surface area contributed by atoms with Crippen LogP contribution >= 0.6 is 0 Å². The van der Waals surface area contributed by atoms with E-state index in [1.165, 1.54) is 19.1 Å². The molecule has 0 unspecified atom stereocenters. The summed E-state index contributed by atoms with van der Waals surface area (Å²) < 4.78 is 0. The molecule has 0 heterocycles. The number of carbonyl (C=O) groups excluding carboxylic acids is 7. The van der Waals surface area contributed by atoms with Crippen molar-refractivity contribution in [3.05, 3.63) is 29.8 Å². The van der Waals surface area contributed by atoms with Crippen molar-refractivity contribution in [1.82, 2.24) is 31.9 Å². The third-order valence-corrected chi connectivity index (χ3v) is 8.17. The molecule has 12 N–H and O–H groups in total. The molecule has 0 aliphatic carbocycles. The molecule has 296 valence electrons. The van der Waals surface area contributed by atoms with Crippen molar-refractivity contribution in [3.8, 4) is 5.75 Å². The second kappa shape index (κ2) is 22.6. The molecule has 18 nitrogen and oxygen atoms in total. The van der Waals surface area contributed by atoms with Crippen molar-refractivity contribution >= 4 is 47.3 Å². The minimum atomic E-state index is -1.44. The van der Waals surface area contributed by atoms with Crippen molar-refractivity contribution in [1.29, 1.82) is 0 Å². The van der Waals surface area contributed by atoms with E-state index < -0.39 is 108 Å². The number of carboxylic acids is 1. The van der Waals surface area contributed by atoms with E-state index in [0.29, 0.717) is 18.4 Å². The number of unbranched alkanes of at least 4 members (excludes halogenated alkanes) is 1. The Morgan fingerprint density at radius 2 is 1.19 bits per heavy atom. The Labute approximate surface area is 309 Å². The summed E-state index contributed by atoms with van der Waals surface area (Å²) >= 11 is 0. The van der Waals surface area contributed by atoms with Crippen molar-refractivity contribution in [2.45, 2.75) is 116 Å². The van der Waals surface area contributed by atoms with E-state index >= 15 is 0 Å². The number of aromatic hydroxyl groups is 1. The highest BCUT2D eigenvalue weighted by atomic mass is 16.4. The molecule has 0 bridgehead atoms. The van der Waals surface area contributed by atoms with Gasteiger partial charge in [-0.15, -0.1) is 0 Å². The first-order valence-corrected chi connectivity index (χ1v) is 17.6. The summed E-state index contributed by atoms with van der Waals surface area (Å²) in [6, 6.07) is -0.949. The first-order chi connectivity index (χ1) is 24.8. The largest absolute Gasteiger partial charge is 0.508 e. The van der Waals surface area contributed by atoms with E-state index in [1.807, 2.05) is 6.92 Å². The summed E-state index contributed by atoms with van der Waals surface area (Å²) in [4.78, 5) is 102. The van der Waals surface area contributed by atoms with Crippen LogP contribution in [0.4, 0.5) is 0 Å². The monoisotopic (exact) mass is 748 g/mol. The first kappa shape index (κ1) is 45.8. The molecule has 1 aromatic carbocycles. The van der Waals surface area contributed by atoms with Crippen molar-refractivity contribution in [3.63, 3.8) is 0 Å². The minimum absolute atomic E-state index is 0.0534. The van der Waals surface area contributed by atoms with Gasteiger partial charge in [-0.1, -0.05) is 59.6 Å². The van der Waals surface area contributed by atoms with Crippen molar-refractivity contribution < 1.29 is 48.6 Å². The van der Waals surface area contributed by atoms with E-state index in [4.69, 9.17) is 11.5 Å². The Morgan fingerprint density at radius 1 is 0.679 bits per heavy atom. The fraction of sp³-hybridized carbons (Fsp3) is 0.600. The van der Waals surface area contributed by atoms with Crippen LogP contribution in [-0.2, 0) is 44.8 Å². The smallest absolute Gasteiger partial charge is 0.303 e. The summed E-state index contributed by atoms with van der Waals surface area (Å²) in [5, 5.41) is 33.9. The van der Waals surface area contributed by atoms with Crippen molar-refractivity contribution in [2.24, 2.45) is 23.3 Å². The number of rotatable bonds is 23. The lowest BCUT2D eigenvalue weighted by molar-refractivity contribution is -0.139. The number of phenolic OH excluding ortho intramolecular Hbond substituents is 1. The van der Waals surface area contributed by atoms with Gasteiger partial charge in [-0.3, -0.25) is 38.4 Å². The Hall–Kier alpha value is -5.26. The van der Waals surface area contributed by atoms with Gasteiger partial charge in [-0.25, -0.2) is 0 Å². The van der Waals surface area contributed by atoms with Crippen LogP contribution in [0.15, 0.2) is 24.3 Å². The van der Waals surface area contributed by atoms with Gasteiger partial charge in [-0.2, -0.15) is 0 Å². The highest BCUT2D eigenvalue weighted by Crippen LogP contribution is 2.12. The Kier molecular flexibility index (Phi) is 19.5. The predicted molar refractivity (Wildman–Crippen MR) is 193 cm³/mol. The number of carboxylic acid groups (broad SMARTS) is 1. The third kappa shape index (κ3) is 16.7. The van der Waals surface area contributed by atoms with E-state index in [1.54, 1.807) is 39.8 Å². The summed E-state index contributed by atoms with van der Waals surface area (Å²) in [6.45, 7) is 9.39. The standard InChI is InChI=1S/C35H56N8O10/c1-7-8-9-24(40-30(48)20(6)39-31(49)23(36)16-21-10-12-22(44)13-11-21)32(50)41-25(14-15-27(46)47)33(51)42-29(19(4)5)35(53)43-28(18(2)3)34(52)38-17-26(37)45/h10-13,18-20,23-25,28-29,44H,7-9,14-17,36H2,1-6H3,(H2,37,45)(H,38,52)(H,39,49)(H,40,48)(H,41,50)(H,42,51)(H,43,53)(H,46,47)/t20-,23+,24+,25+,28+,29+/m1/s1. The highest BCUT2D eigenvalue weighted by Gasteiger charge is 2.34. The third-order valence-electron chi connectivity index (χ3n) is 8.17. The van der Waals surface area contributed by atoms with Gasteiger partial charge < -0.3 is 53.6 Å². The quantitative estimate of drug-likeness (QED) is 0.0626. The average molecular weight is 749 g/mol. The molecule has 0 radical (unpaired) electrons. The molecule has 18 heteroatoms. The van der Waals surface area contributed by atoms with E-state index in [2.05, 4.69) is 31.9 Å². The fourth-order valence-corrected chi connectivity index (χ4v) is 5.00. The zero-order valence-corrected chi connectivity index (χ0v) is 31.2. The van der Waals surface area contributed by atoms with Gasteiger partial charge in [0.05, 0.1) is 12.6 Å². The Morgan fingerprint density at radius 3 is 1.72 bits per heavy atom. The maximum absolute atomic E-state index is 13.6. The fourth-order valence-electron chi connectivity index (χ4n) is 5.00. The molecule has 0 aromatic heterocycles. The van der Waals surface area contributed by atoms with Gasteiger partial charge >= 0.3 is 5.97 Å². The van der Waals surface area contributed by atoms with Crippen LogP contribution < -0.4 is 43.4 Å². The van der Waals surface area contributed by atoms with Crippen molar-refractivity contribution in [2.75, 3.05) is 6.54 Å².